The molecular weight excluding hydrogens is 365 g/mol. The third-order valence-corrected chi connectivity index (χ3v) is 3.45. The van der Waals surface area contributed by atoms with Crippen LogP contribution in [-0.2, 0) is 0 Å². The molecule has 2 aromatic rings. The lowest BCUT2D eigenvalue weighted by atomic mass is 10.1. The number of carboxylic acids is 1. The van der Waals surface area contributed by atoms with Crippen molar-refractivity contribution < 1.29 is 32.5 Å². The molecule has 27 heavy (non-hydrogen) atoms. The molecule has 0 aliphatic rings. The number of aromatic carboxylic acids is 1. The third kappa shape index (κ3) is 5.63. The summed E-state index contributed by atoms with van der Waals surface area (Å²) in [5.74, 6) is -0.831. The van der Waals surface area contributed by atoms with E-state index < -0.39 is 12.3 Å². The van der Waals surface area contributed by atoms with Crippen LogP contribution in [0.3, 0.4) is 0 Å². The lowest BCUT2D eigenvalue weighted by molar-refractivity contribution is -0.274. The van der Waals surface area contributed by atoms with Crippen LogP contribution in [0.1, 0.15) is 22.8 Å². The summed E-state index contributed by atoms with van der Waals surface area (Å²) >= 11 is 0. The molecule has 0 aliphatic carbocycles. The topological polar surface area (TPSA) is 80.1 Å². The Kier molecular flexibility index (Phi) is 5.94. The van der Waals surface area contributed by atoms with E-state index in [1.165, 1.54) is 37.4 Å². The van der Waals surface area contributed by atoms with Crippen molar-refractivity contribution in [3.8, 4) is 11.5 Å². The molecule has 9 heteroatoms. The van der Waals surface area contributed by atoms with E-state index >= 15 is 0 Å². The van der Waals surface area contributed by atoms with Crippen molar-refractivity contribution in [1.29, 1.82) is 0 Å². The van der Waals surface area contributed by atoms with Gasteiger partial charge in [-0.25, -0.2) is 9.79 Å². The van der Waals surface area contributed by atoms with E-state index in [0.717, 1.165) is 0 Å². The monoisotopic (exact) mass is 382 g/mol. The highest BCUT2D eigenvalue weighted by Crippen LogP contribution is 2.29. The van der Waals surface area contributed by atoms with Crippen LogP contribution in [0.5, 0.6) is 11.5 Å². The maximum atomic E-state index is 12.2. The quantitative estimate of drug-likeness (QED) is 0.576. The highest BCUT2D eigenvalue weighted by atomic mass is 19.4. The summed E-state index contributed by atoms with van der Waals surface area (Å²) in [6, 6.07) is 8.11. The van der Waals surface area contributed by atoms with Crippen LogP contribution in [0.4, 0.5) is 24.5 Å². The van der Waals surface area contributed by atoms with Gasteiger partial charge in [-0.3, -0.25) is 0 Å². The summed E-state index contributed by atoms with van der Waals surface area (Å²) in [7, 11) is 1.38. The fraction of sp³-hybridized carbons (Fsp3) is 0.222. The summed E-state index contributed by atoms with van der Waals surface area (Å²) in [4.78, 5) is 15.6. The Hall–Kier alpha value is -3.23. The van der Waals surface area contributed by atoms with E-state index in [1.54, 1.807) is 19.9 Å². The molecule has 0 atom stereocenters. The average molecular weight is 382 g/mol. The standard InChI is InChI=1S/C18H17F3N2O4/c1-10-8-16(26-3)14(17(24)25)9-15(10)23-11(2)22-12-4-6-13(7-5-12)27-18(19,20)21/h4-9H,1-3H3,(H,22,23)(H,24,25). The number of rotatable bonds is 5. The van der Waals surface area contributed by atoms with Gasteiger partial charge in [0, 0.05) is 5.69 Å². The minimum Gasteiger partial charge on any atom is -0.496 e. The number of hydrogen-bond donors (Lipinski definition) is 2. The number of nitrogens with zero attached hydrogens (tertiary/aromatic N) is 1. The molecule has 0 aromatic heterocycles. The zero-order valence-electron chi connectivity index (χ0n) is 14.7. The van der Waals surface area contributed by atoms with Crippen molar-refractivity contribution >= 4 is 23.2 Å². The van der Waals surface area contributed by atoms with Crippen molar-refractivity contribution in [3.05, 3.63) is 47.5 Å². The summed E-state index contributed by atoms with van der Waals surface area (Å²) in [5, 5.41) is 12.2. The second-order valence-electron chi connectivity index (χ2n) is 5.54. The molecule has 0 bridgehead atoms. The van der Waals surface area contributed by atoms with Crippen molar-refractivity contribution in [2.45, 2.75) is 20.2 Å². The lowest BCUT2D eigenvalue weighted by Gasteiger charge is -2.11. The van der Waals surface area contributed by atoms with Gasteiger partial charge in [-0.05, 0) is 55.8 Å². The van der Waals surface area contributed by atoms with Gasteiger partial charge in [-0.15, -0.1) is 13.2 Å². The van der Waals surface area contributed by atoms with E-state index in [1.807, 2.05) is 0 Å². The van der Waals surface area contributed by atoms with Gasteiger partial charge in [0.25, 0.3) is 0 Å². The van der Waals surface area contributed by atoms with E-state index in [2.05, 4.69) is 15.0 Å². The highest BCUT2D eigenvalue weighted by Gasteiger charge is 2.30. The molecule has 0 amide bonds. The predicted octanol–water partition coefficient (Wildman–Crippen LogP) is 4.76. The minimum atomic E-state index is -4.75. The van der Waals surface area contributed by atoms with Gasteiger partial charge in [-0.1, -0.05) is 0 Å². The number of aryl methyl sites for hydroxylation is 1. The number of aliphatic imine (C=N–C) groups is 1. The van der Waals surface area contributed by atoms with Crippen LogP contribution >= 0.6 is 0 Å². The average Bonchev–Trinajstić information content (AvgIpc) is 2.56. The molecule has 0 radical (unpaired) electrons. The fourth-order valence-electron chi connectivity index (χ4n) is 2.28. The molecule has 144 valence electrons. The Morgan fingerprint density at radius 1 is 1.19 bits per heavy atom. The van der Waals surface area contributed by atoms with Crippen LogP contribution in [0.25, 0.3) is 0 Å². The molecular formula is C18H17F3N2O4. The van der Waals surface area contributed by atoms with Crippen molar-refractivity contribution in [2.24, 2.45) is 4.99 Å². The van der Waals surface area contributed by atoms with Crippen LogP contribution in [0.15, 0.2) is 41.4 Å². The molecule has 6 nitrogen and oxygen atoms in total. The Bertz CT molecular complexity index is 862. The van der Waals surface area contributed by atoms with Crippen molar-refractivity contribution in [1.82, 2.24) is 0 Å². The zero-order valence-corrected chi connectivity index (χ0v) is 14.7. The van der Waals surface area contributed by atoms with Crippen LogP contribution in [0, 0.1) is 6.92 Å². The Labute approximate surface area is 153 Å². The van der Waals surface area contributed by atoms with Crippen molar-refractivity contribution in [2.75, 3.05) is 12.4 Å². The molecule has 2 rings (SSSR count). The number of benzene rings is 2. The van der Waals surface area contributed by atoms with Crippen LogP contribution in [-0.4, -0.2) is 30.4 Å². The first-order valence-corrected chi connectivity index (χ1v) is 7.69. The Morgan fingerprint density at radius 2 is 1.81 bits per heavy atom. The highest BCUT2D eigenvalue weighted by molar-refractivity contribution is 5.97. The number of anilines is 1. The second kappa shape index (κ2) is 7.98. The van der Waals surface area contributed by atoms with Crippen LogP contribution < -0.4 is 14.8 Å². The van der Waals surface area contributed by atoms with E-state index in [0.29, 0.717) is 22.8 Å². The largest absolute Gasteiger partial charge is 0.573 e. The molecule has 2 N–H and O–H groups in total. The number of alkyl halides is 3. The number of hydrogen-bond acceptors (Lipinski definition) is 4. The molecule has 0 unspecified atom stereocenters. The van der Waals surface area contributed by atoms with E-state index in [-0.39, 0.29) is 17.1 Å². The van der Waals surface area contributed by atoms with Gasteiger partial charge in [0.2, 0.25) is 0 Å². The fourth-order valence-corrected chi connectivity index (χ4v) is 2.28. The molecule has 0 saturated carbocycles. The number of carboxylic acid groups (broad SMARTS) is 1. The van der Waals surface area contributed by atoms with E-state index in [9.17, 15) is 23.1 Å². The third-order valence-electron chi connectivity index (χ3n) is 3.45. The Balaban J connectivity index is 2.20. The molecule has 2 aromatic carbocycles. The van der Waals surface area contributed by atoms with Gasteiger partial charge in [0.05, 0.1) is 12.8 Å². The normalized spacial score (nSPS) is 11.9. The van der Waals surface area contributed by atoms with Gasteiger partial charge in [0.1, 0.15) is 22.9 Å². The first-order valence-electron chi connectivity index (χ1n) is 7.69. The summed E-state index contributed by atoms with van der Waals surface area (Å²) in [5.41, 5.74) is 1.60. The lowest BCUT2D eigenvalue weighted by Crippen LogP contribution is -2.17. The zero-order chi connectivity index (χ0) is 20.2. The molecule has 0 saturated heterocycles. The first-order chi connectivity index (χ1) is 12.6. The number of carbonyl (C=O) groups is 1. The Morgan fingerprint density at radius 3 is 2.33 bits per heavy atom. The maximum absolute atomic E-state index is 12.2. The SMILES string of the molecule is COc1cc(C)c(N=C(C)Nc2ccc(OC(F)(F)F)cc2)cc1C(=O)O. The van der Waals surface area contributed by atoms with Gasteiger partial charge in [-0.2, -0.15) is 0 Å². The minimum absolute atomic E-state index is 0.0247. The van der Waals surface area contributed by atoms with Gasteiger partial charge >= 0.3 is 12.3 Å². The number of ether oxygens (including phenoxy) is 2. The number of nitrogens with one attached hydrogen (secondary N) is 1. The van der Waals surface area contributed by atoms with E-state index in [4.69, 9.17) is 4.74 Å². The number of amidine groups is 1. The summed E-state index contributed by atoms with van der Waals surface area (Å²) in [6.45, 7) is 3.40. The maximum Gasteiger partial charge on any atom is 0.573 e. The molecule has 0 heterocycles. The number of methoxy groups -OCH3 is 1. The summed E-state index contributed by atoms with van der Waals surface area (Å²) < 4.78 is 45.4. The van der Waals surface area contributed by atoms with Crippen LogP contribution in [0.2, 0.25) is 0 Å². The second-order valence-corrected chi connectivity index (χ2v) is 5.54. The molecule has 0 spiro atoms. The summed E-state index contributed by atoms with van der Waals surface area (Å²) in [6.07, 6.45) is -4.75. The molecule has 0 fully saturated rings. The first kappa shape index (κ1) is 20.1. The smallest absolute Gasteiger partial charge is 0.496 e. The predicted molar refractivity (Wildman–Crippen MR) is 94.2 cm³/mol. The van der Waals surface area contributed by atoms with Gasteiger partial charge < -0.3 is 19.9 Å². The molecule has 0 aliphatic heterocycles. The van der Waals surface area contributed by atoms with Crippen molar-refractivity contribution in [3.63, 3.8) is 0 Å². The number of halogens is 3. The van der Waals surface area contributed by atoms with Gasteiger partial charge in [0.15, 0.2) is 0 Å².